The zero-order valence-electron chi connectivity index (χ0n) is 14.9. The fourth-order valence-electron chi connectivity index (χ4n) is 2.80. The first-order chi connectivity index (χ1) is 13.1. The predicted molar refractivity (Wildman–Crippen MR) is 103 cm³/mol. The summed E-state index contributed by atoms with van der Waals surface area (Å²) in [4.78, 5) is 15.9. The molecule has 27 heavy (non-hydrogen) atoms. The first kappa shape index (κ1) is 18.0. The van der Waals surface area contributed by atoms with Gasteiger partial charge in [0, 0.05) is 18.3 Å². The van der Waals surface area contributed by atoms with Gasteiger partial charge < -0.3 is 19.7 Å². The van der Waals surface area contributed by atoms with Crippen LogP contribution in [0.3, 0.4) is 0 Å². The first-order valence-corrected chi connectivity index (χ1v) is 8.22. The lowest BCUT2D eigenvalue weighted by Crippen LogP contribution is -2.15. The maximum absolute atomic E-state index is 11.4. The Morgan fingerprint density at radius 2 is 1.96 bits per heavy atom. The molecule has 0 aliphatic heterocycles. The number of benzene rings is 2. The molecule has 0 aliphatic rings. The molecule has 0 saturated carbocycles. The number of allylic oxidation sites excluding steroid dienone is 1. The largest absolute Gasteiger partial charge is 0.506 e. The molecule has 2 aromatic carbocycles. The normalized spacial score (nSPS) is 11.6. The molecule has 0 saturated heterocycles. The maximum atomic E-state index is 11.4. The number of nitrogens with zero attached hydrogens (tertiary/aromatic N) is 3. The number of aliphatic hydroxyl groups is 1. The minimum Gasteiger partial charge on any atom is -0.506 e. The molecule has 0 bridgehead atoms. The van der Waals surface area contributed by atoms with E-state index in [0.717, 1.165) is 11.0 Å². The van der Waals surface area contributed by atoms with Gasteiger partial charge in [-0.25, -0.2) is 4.98 Å². The molecule has 0 aliphatic carbocycles. The van der Waals surface area contributed by atoms with Gasteiger partial charge >= 0.3 is 5.97 Å². The highest BCUT2D eigenvalue weighted by Crippen LogP contribution is 2.29. The molecule has 7 heteroatoms. The van der Waals surface area contributed by atoms with Gasteiger partial charge in [-0.1, -0.05) is 24.3 Å². The number of hydrogen-bond acceptors (Lipinski definition) is 6. The van der Waals surface area contributed by atoms with Crippen LogP contribution < -0.4 is 5.32 Å². The maximum Gasteiger partial charge on any atom is 0.325 e. The molecule has 0 fully saturated rings. The highest BCUT2D eigenvalue weighted by atomic mass is 16.5. The Balaban J connectivity index is 2.09. The number of rotatable bonds is 5. The number of carbonyl (C=O) groups excluding carboxylic acids is 1. The van der Waals surface area contributed by atoms with Gasteiger partial charge in [-0.05, 0) is 24.3 Å². The average molecular weight is 362 g/mol. The van der Waals surface area contributed by atoms with Crippen molar-refractivity contribution >= 4 is 34.0 Å². The highest BCUT2D eigenvalue weighted by Gasteiger charge is 2.19. The van der Waals surface area contributed by atoms with Crippen LogP contribution in [0.5, 0.6) is 0 Å². The number of aryl methyl sites for hydroxylation is 1. The predicted octanol–water partition coefficient (Wildman–Crippen LogP) is 3.11. The standard InChI is InChI=1S/C20H18N4O3/c1-24-17-10-6-5-9-16(17)23-20(24)14(11-21)19(26)13-7-3-4-8-15(13)22-12-18(25)27-2/h3-10,22,26H,12H2,1-2H3/b19-14-. The van der Waals surface area contributed by atoms with E-state index in [9.17, 15) is 15.2 Å². The summed E-state index contributed by atoms with van der Waals surface area (Å²) in [6.45, 7) is -0.0605. The number of imidazole rings is 1. The number of hydrogen-bond donors (Lipinski definition) is 2. The quantitative estimate of drug-likeness (QED) is 0.411. The van der Waals surface area contributed by atoms with Gasteiger partial charge in [-0.3, -0.25) is 4.79 Å². The number of esters is 1. The molecule has 1 aromatic heterocycles. The Morgan fingerprint density at radius 1 is 1.26 bits per heavy atom. The molecule has 0 radical (unpaired) electrons. The van der Waals surface area contributed by atoms with Crippen LogP contribution in [-0.4, -0.2) is 34.3 Å². The van der Waals surface area contributed by atoms with Gasteiger partial charge in [0.2, 0.25) is 0 Å². The van der Waals surface area contributed by atoms with Crippen LogP contribution in [0.25, 0.3) is 22.4 Å². The molecular weight excluding hydrogens is 344 g/mol. The van der Waals surface area contributed by atoms with Crippen molar-refractivity contribution in [3.63, 3.8) is 0 Å². The number of para-hydroxylation sites is 3. The molecule has 2 N–H and O–H groups in total. The Bertz CT molecular complexity index is 1080. The molecule has 0 spiro atoms. The van der Waals surface area contributed by atoms with E-state index in [0.29, 0.717) is 17.1 Å². The Labute approximate surface area is 156 Å². The number of nitriles is 1. The van der Waals surface area contributed by atoms with E-state index in [4.69, 9.17) is 0 Å². The first-order valence-electron chi connectivity index (χ1n) is 8.22. The van der Waals surface area contributed by atoms with Gasteiger partial charge in [0.1, 0.15) is 23.9 Å². The third kappa shape index (κ3) is 3.46. The molecule has 136 valence electrons. The van der Waals surface area contributed by atoms with E-state index in [1.54, 1.807) is 35.9 Å². The van der Waals surface area contributed by atoms with Gasteiger partial charge in [0.15, 0.2) is 5.82 Å². The van der Waals surface area contributed by atoms with Crippen molar-refractivity contribution in [3.8, 4) is 6.07 Å². The molecule has 3 aromatic rings. The summed E-state index contributed by atoms with van der Waals surface area (Å²) in [6.07, 6.45) is 0. The van der Waals surface area contributed by atoms with E-state index >= 15 is 0 Å². The minimum absolute atomic E-state index is 0.0426. The van der Waals surface area contributed by atoms with Crippen molar-refractivity contribution in [2.45, 2.75) is 0 Å². The highest BCUT2D eigenvalue weighted by molar-refractivity contribution is 5.97. The van der Waals surface area contributed by atoms with Crippen molar-refractivity contribution in [2.75, 3.05) is 19.0 Å². The summed E-state index contributed by atoms with van der Waals surface area (Å²) in [5.41, 5.74) is 2.52. The second-order valence-electron chi connectivity index (χ2n) is 5.79. The van der Waals surface area contributed by atoms with Crippen LogP contribution in [0.15, 0.2) is 48.5 Å². The van der Waals surface area contributed by atoms with Crippen LogP contribution in [0.1, 0.15) is 11.4 Å². The molecule has 1 heterocycles. The van der Waals surface area contributed by atoms with Crippen molar-refractivity contribution in [1.82, 2.24) is 9.55 Å². The number of nitrogens with one attached hydrogen (secondary N) is 1. The third-order valence-electron chi connectivity index (χ3n) is 4.19. The van der Waals surface area contributed by atoms with E-state index < -0.39 is 5.97 Å². The fraction of sp³-hybridized carbons (Fsp3) is 0.150. The summed E-state index contributed by atoms with van der Waals surface area (Å²) < 4.78 is 6.38. The number of carbonyl (C=O) groups is 1. The second kappa shape index (κ2) is 7.62. The number of fused-ring (bicyclic) bond motifs is 1. The minimum atomic E-state index is -0.441. The summed E-state index contributed by atoms with van der Waals surface area (Å²) in [5.74, 6) is -0.299. The smallest absolute Gasteiger partial charge is 0.325 e. The van der Waals surface area contributed by atoms with E-state index in [-0.39, 0.29) is 17.9 Å². The third-order valence-corrected chi connectivity index (χ3v) is 4.19. The summed E-state index contributed by atoms with van der Waals surface area (Å²) in [7, 11) is 3.09. The molecule has 0 atom stereocenters. The van der Waals surface area contributed by atoms with Crippen LogP contribution in [0.4, 0.5) is 5.69 Å². The Kier molecular flexibility index (Phi) is 5.08. The van der Waals surface area contributed by atoms with Crippen LogP contribution in [0, 0.1) is 11.3 Å². The average Bonchev–Trinajstić information content (AvgIpc) is 3.03. The number of aliphatic hydroxyl groups excluding tert-OH is 1. The lowest BCUT2D eigenvalue weighted by molar-refractivity contribution is -0.138. The molecule has 0 unspecified atom stereocenters. The topological polar surface area (TPSA) is 100 Å². The zero-order valence-corrected chi connectivity index (χ0v) is 14.9. The second-order valence-corrected chi connectivity index (χ2v) is 5.79. The summed E-state index contributed by atoms with van der Waals surface area (Å²) in [6, 6.07) is 16.4. The molecule has 0 amide bonds. The van der Waals surface area contributed by atoms with Crippen molar-refractivity contribution in [2.24, 2.45) is 7.05 Å². The van der Waals surface area contributed by atoms with Crippen LogP contribution in [0.2, 0.25) is 0 Å². The fourth-order valence-corrected chi connectivity index (χ4v) is 2.80. The summed E-state index contributed by atoms with van der Waals surface area (Å²) in [5, 5.41) is 23.4. The Morgan fingerprint density at radius 3 is 2.67 bits per heavy atom. The molecule has 3 rings (SSSR count). The Hall–Kier alpha value is -3.79. The number of aromatic nitrogens is 2. The zero-order chi connectivity index (χ0) is 19.4. The summed E-state index contributed by atoms with van der Waals surface area (Å²) >= 11 is 0. The van der Waals surface area contributed by atoms with Gasteiger partial charge in [-0.15, -0.1) is 0 Å². The van der Waals surface area contributed by atoms with Crippen molar-refractivity contribution in [3.05, 3.63) is 59.9 Å². The van der Waals surface area contributed by atoms with Crippen molar-refractivity contribution in [1.29, 1.82) is 5.26 Å². The van der Waals surface area contributed by atoms with E-state index in [2.05, 4.69) is 15.0 Å². The van der Waals surface area contributed by atoms with Crippen molar-refractivity contribution < 1.29 is 14.6 Å². The lowest BCUT2D eigenvalue weighted by atomic mass is 10.1. The van der Waals surface area contributed by atoms with Crippen LogP contribution in [-0.2, 0) is 16.6 Å². The number of methoxy groups -OCH3 is 1. The van der Waals surface area contributed by atoms with E-state index in [1.165, 1.54) is 7.11 Å². The lowest BCUT2D eigenvalue weighted by Gasteiger charge is -2.12. The SMILES string of the molecule is COC(=O)CNc1ccccc1/C(O)=C(\C#N)c1nc2ccccc2n1C. The molecule has 7 nitrogen and oxygen atoms in total. The van der Waals surface area contributed by atoms with Gasteiger partial charge in [-0.2, -0.15) is 5.26 Å². The number of anilines is 1. The molecular formula is C20H18N4O3. The van der Waals surface area contributed by atoms with Crippen LogP contribution >= 0.6 is 0 Å². The van der Waals surface area contributed by atoms with Gasteiger partial charge in [0.25, 0.3) is 0 Å². The van der Waals surface area contributed by atoms with E-state index in [1.807, 2.05) is 30.3 Å². The monoisotopic (exact) mass is 362 g/mol. The van der Waals surface area contributed by atoms with Gasteiger partial charge in [0.05, 0.1) is 18.1 Å². The number of ether oxygens (including phenoxy) is 1.